The summed E-state index contributed by atoms with van der Waals surface area (Å²) in [5, 5.41) is 9.70. The SMILES string of the molecule is COc1ccc(CO[C@H]2COCC[C@H]2O)cc1. The van der Waals surface area contributed by atoms with Gasteiger partial charge in [-0.3, -0.25) is 0 Å². The van der Waals surface area contributed by atoms with Crippen LogP contribution in [0.1, 0.15) is 12.0 Å². The van der Waals surface area contributed by atoms with Gasteiger partial charge in [-0.05, 0) is 24.1 Å². The number of methoxy groups -OCH3 is 1. The van der Waals surface area contributed by atoms with E-state index in [9.17, 15) is 5.11 Å². The van der Waals surface area contributed by atoms with Crippen LogP contribution >= 0.6 is 0 Å². The molecule has 1 aromatic carbocycles. The van der Waals surface area contributed by atoms with Gasteiger partial charge < -0.3 is 19.3 Å². The van der Waals surface area contributed by atoms with Crippen molar-refractivity contribution in [1.29, 1.82) is 0 Å². The van der Waals surface area contributed by atoms with Crippen molar-refractivity contribution in [3.63, 3.8) is 0 Å². The summed E-state index contributed by atoms with van der Waals surface area (Å²) in [5.74, 6) is 0.829. The Labute approximate surface area is 101 Å². The van der Waals surface area contributed by atoms with Crippen LogP contribution in [0.5, 0.6) is 5.75 Å². The van der Waals surface area contributed by atoms with Crippen LogP contribution in [0.15, 0.2) is 24.3 Å². The van der Waals surface area contributed by atoms with Crippen molar-refractivity contribution in [2.45, 2.75) is 25.2 Å². The third kappa shape index (κ3) is 3.43. The van der Waals surface area contributed by atoms with E-state index in [0.717, 1.165) is 11.3 Å². The van der Waals surface area contributed by atoms with Gasteiger partial charge in [0.15, 0.2) is 0 Å². The van der Waals surface area contributed by atoms with Crippen LogP contribution in [0.25, 0.3) is 0 Å². The Kier molecular flexibility index (Phi) is 4.36. The molecule has 0 unspecified atom stereocenters. The van der Waals surface area contributed by atoms with Gasteiger partial charge in [0.2, 0.25) is 0 Å². The lowest BCUT2D eigenvalue weighted by atomic mass is 10.1. The largest absolute Gasteiger partial charge is 0.497 e. The predicted molar refractivity (Wildman–Crippen MR) is 63.0 cm³/mol. The fourth-order valence-corrected chi connectivity index (χ4v) is 1.78. The van der Waals surface area contributed by atoms with Crippen molar-refractivity contribution in [2.75, 3.05) is 20.3 Å². The lowest BCUT2D eigenvalue weighted by Gasteiger charge is -2.27. The highest BCUT2D eigenvalue weighted by Crippen LogP contribution is 2.15. The van der Waals surface area contributed by atoms with E-state index in [1.54, 1.807) is 7.11 Å². The van der Waals surface area contributed by atoms with Gasteiger partial charge in [0.1, 0.15) is 11.9 Å². The van der Waals surface area contributed by atoms with Gasteiger partial charge in [0, 0.05) is 6.61 Å². The summed E-state index contributed by atoms with van der Waals surface area (Å²) in [6, 6.07) is 7.70. The zero-order valence-electron chi connectivity index (χ0n) is 9.96. The molecule has 17 heavy (non-hydrogen) atoms. The third-order valence-corrected chi connectivity index (χ3v) is 2.89. The molecule has 1 aliphatic rings. The molecule has 0 aliphatic carbocycles. The first kappa shape index (κ1) is 12.4. The molecule has 0 amide bonds. The predicted octanol–water partition coefficient (Wildman–Crippen LogP) is 1.36. The van der Waals surface area contributed by atoms with E-state index < -0.39 is 6.10 Å². The van der Waals surface area contributed by atoms with Crippen molar-refractivity contribution in [2.24, 2.45) is 0 Å². The molecule has 1 aliphatic heterocycles. The van der Waals surface area contributed by atoms with E-state index >= 15 is 0 Å². The molecule has 94 valence electrons. The van der Waals surface area contributed by atoms with Crippen LogP contribution in [0, 0.1) is 0 Å². The molecule has 1 aromatic rings. The molecular weight excluding hydrogens is 220 g/mol. The Morgan fingerprint density at radius 2 is 2.12 bits per heavy atom. The number of hydrogen-bond donors (Lipinski definition) is 1. The quantitative estimate of drug-likeness (QED) is 0.860. The molecule has 2 atom stereocenters. The van der Waals surface area contributed by atoms with Crippen molar-refractivity contribution < 1.29 is 19.3 Å². The minimum Gasteiger partial charge on any atom is -0.497 e. The van der Waals surface area contributed by atoms with Gasteiger partial charge >= 0.3 is 0 Å². The Morgan fingerprint density at radius 1 is 1.35 bits per heavy atom. The molecule has 1 heterocycles. The maximum Gasteiger partial charge on any atom is 0.118 e. The van der Waals surface area contributed by atoms with E-state index in [4.69, 9.17) is 14.2 Å². The van der Waals surface area contributed by atoms with Crippen LogP contribution in [0.2, 0.25) is 0 Å². The zero-order valence-corrected chi connectivity index (χ0v) is 9.96. The second-order valence-corrected chi connectivity index (χ2v) is 4.13. The standard InChI is InChI=1S/C13H18O4/c1-15-11-4-2-10(3-5-11)8-17-13-9-16-7-6-12(13)14/h2-5,12-14H,6-9H2,1H3/t12-,13+/m1/s1. The fraction of sp³-hybridized carbons (Fsp3) is 0.538. The second-order valence-electron chi connectivity index (χ2n) is 4.13. The van der Waals surface area contributed by atoms with Crippen LogP contribution in [0.4, 0.5) is 0 Å². The molecule has 4 nitrogen and oxygen atoms in total. The summed E-state index contributed by atoms with van der Waals surface area (Å²) < 4.78 is 16.0. The van der Waals surface area contributed by atoms with E-state index in [0.29, 0.717) is 26.2 Å². The molecule has 4 heteroatoms. The summed E-state index contributed by atoms with van der Waals surface area (Å²) in [5.41, 5.74) is 1.06. The highest BCUT2D eigenvalue weighted by molar-refractivity contribution is 5.26. The Balaban J connectivity index is 1.84. The summed E-state index contributed by atoms with van der Waals surface area (Å²) in [6.45, 7) is 1.57. The lowest BCUT2D eigenvalue weighted by Crippen LogP contribution is -2.38. The van der Waals surface area contributed by atoms with Gasteiger partial charge in [-0.1, -0.05) is 12.1 Å². The number of hydrogen-bond acceptors (Lipinski definition) is 4. The van der Waals surface area contributed by atoms with Crippen LogP contribution in [-0.4, -0.2) is 37.6 Å². The third-order valence-electron chi connectivity index (χ3n) is 2.89. The van der Waals surface area contributed by atoms with Crippen molar-refractivity contribution >= 4 is 0 Å². The van der Waals surface area contributed by atoms with E-state index in [1.165, 1.54) is 0 Å². The molecular formula is C13H18O4. The van der Waals surface area contributed by atoms with Crippen molar-refractivity contribution in [3.05, 3.63) is 29.8 Å². The molecule has 0 radical (unpaired) electrons. The van der Waals surface area contributed by atoms with E-state index in [-0.39, 0.29) is 6.10 Å². The Morgan fingerprint density at radius 3 is 2.76 bits per heavy atom. The zero-order chi connectivity index (χ0) is 12.1. The molecule has 0 spiro atoms. The molecule has 2 rings (SSSR count). The van der Waals surface area contributed by atoms with Gasteiger partial charge in [-0.2, -0.15) is 0 Å². The van der Waals surface area contributed by atoms with Gasteiger partial charge in [-0.15, -0.1) is 0 Å². The fourth-order valence-electron chi connectivity index (χ4n) is 1.78. The van der Waals surface area contributed by atoms with Crippen LogP contribution < -0.4 is 4.74 Å². The average Bonchev–Trinajstić information content (AvgIpc) is 2.38. The minimum atomic E-state index is -0.415. The Bertz CT molecular complexity index is 336. The number of aliphatic hydroxyl groups excluding tert-OH is 1. The first-order valence-electron chi connectivity index (χ1n) is 5.80. The first-order valence-corrected chi connectivity index (χ1v) is 5.80. The normalized spacial score (nSPS) is 24.6. The van der Waals surface area contributed by atoms with E-state index in [2.05, 4.69) is 0 Å². The first-order chi connectivity index (χ1) is 8.29. The number of rotatable bonds is 4. The summed E-state index contributed by atoms with van der Waals surface area (Å²) in [7, 11) is 1.64. The maximum atomic E-state index is 9.70. The Hall–Kier alpha value is -1.10. The van der Waals surface area contributed by atoms with Crippen LogP contribution in [-0.2, 0) is 16.1 Å². The number of aliphatic hydroxyl groups is 1. The molecule has 1 N–H and O–H groups in total. The highest BCUT2D eigenvalue weighted by atomic mass is 16.5. The number of benzene rings is 1. The molecule has 0 saturated carbocycles. The smallest absolute Gasteiger partial charge is 0.118 e. The summed E-state index contributed by atoms with van der Waals surface area (Å²) >= 11 is 0. The average molecular weight is 238 g/mol. The topological polar surface area (TPSA) is 47.9 Å². The maximum absolute atomic E-state index is 9.70. The number of ether oxygens (including phenoxy) is 3. The summed E-state index contributed by atoms with van der Waals surface area (Å²) in [6.07, 6.45) is 0.0145. The van der Waals surface area contributed by atoms with Crippen LogP contribution in [0.3, 0.4) is 0 Å². The van der Waals surface area contributed by atoms with Crippen molar-refractivity contribution in [1.82, 2.24) is 0 Å². The molecule has 0 aromatic heterocycles. The van der Waals surface area contributed by atoms with E-state index in [1.807, 2.05) is 24.3 Å². The minimum absolute atomic E-state index is 0.217. The summed E-state index contributed by atoms with van der Waals surface area (Å²) in [4.78, 5) is 0. The van der Waals surface area contributed by atoms with Crippen molar-refractivity contribution in [3.8, 4) is 5.75 Å². The lowest BCUT2D eigenvalue weighted by molar-refractivity contribution is -0.122. The monoisotopic (exact) mass is 238 g/mol. The molecule has 1 saturated heterocycles. The molecule has 1 fully saturated rings. The molecule has 0 bridgehead atoms. The van der Waals surface area contributed by atoms with Gasteiger partial charge in [-0.25, -0.2) is 0 Å². The highest BCUT2D eigenvalue weighted by Gasteiger charge is 2.24. The van der Waals surface area contributed by atoms with Gasteiger partial charge in [0.25, 0.3) is 0 Å². The second kappa shape index (κ2) is 6.00. The van der Waals surface area contributed by atoms with Gasteiger partial charge in [0.05, 0.1) is 26.4 Å².